The number of hydrogen-bond acceptors (Lipinski definition) is 4. The lowest BCUT2D eigenvalue weighted by Crippen LogP contribution is -2.40. The van der Waals surface area contributed by atoms with Crippen molar-refractivity contribution in [1.29, 1.82) is 0 Å². The number of aryl methyl sites for hydroxylation is 2. The van der Waals surface area contributed by atoms with Gasteiger partial charge in [-0.3, -0.25) is 9.10 Å². The summed E-state index contributed by atoms with van der Waals surface area (Å²) in [5, 5.41) is 2.83. The average molecular weight is 455 g/mol. The summed E-state index contributed by atoms with van der Waals surface area (Å²) in [7, 11) is -3.91. The van der Waals surface area contributed by atoms with Crippen LogP contribution in [0.1, 0.15) is 16.7 Å². The van der Waals surface area contributed by atoms with Crippen LogP contribution in [0.4, 0.5) is 5.69 Å². The Morgan fingerprint density at radius 2 is 1.61 bits per heavy atom. The average Bonchev–Trinajstić information content (AvgIpc) is 2.77. The second-order valence-electron chi connectivity index (χ2n) is 7.29. The van der Waals surface area contributed by atoms with Crippen LogP contribution in [-0.2, 0) is 21.4 Å². The summed E-state index contributed by atoms with van der Waals surface area (Å²) < 4.78 is 28.0. The molecule has 31 heavy (non-hydrogen) atoms. The molecule has 0 aliphatic carbocycles. The Hall–Kier alpha value is -2.77. The summed E-state index contributed by atoms with van der Waals surface area (Å²) in [5.41, 5.74) is 3.52. The van der Waals surface area contributed by atoms with Gasteiger partial charge in [-0.05, 0) is 62.1 Å². The molecule has 0 aliphatic heterocycles. The molecule has 0 saturated heterocycles. The fourth-order valence-electron chi connectivity index (χ4n) is 3.11. The zero-order chi connectivity index (χ0) is 22.4. The molecule has 3 aromatic rings. The fourth-order valence-corrected chi connectivity index (χ4v) is 4.94. The number of amides is 1. The highest BCUT2D eigenvalue weighted by molar-refractivity contribution is 7.98. The molecule has 0 aromatic heterocycles. The topological polar surface area (TPSA) is 66.5 Å². The normalized spacial score (nSPS) is 11.2. The molecule has 0 heterocycles. The summed E-state index contributed by atoms with van der Waals surface area (Å²) in [6.45, 7) is 3.95. The van der Waals surface area contributed by atoms with E-state index in [1.165, 1.54) is 11.8 Å². The molecular weight excluding hydrogens is 428 g/mol. The lowest BCUT2D eigenvalue weighted by molar-refractivity contribution is -0.119. The second-order valence-corrected chi connectivity index (χ2v) is 10.0. The van der Waals surface area contributed by atoms with Gasteiger partial charge in [-0.25, -0.2) is 8.42 Å². The predicted molar refractivity (Wildman–Crippen MR) is 127 cm³/mol. The first-order chi connectivity index (χ1) is 14.8. The number of hydrogen-bond donors (Lipinski definition) is 1. The molecule has 1 N–H and O–H groups in total. The van der Waals surface area contributed by atoms with Gasteiger partial charge >= 0.3 is 0 Å². The van der Waals surface area contributed by atoms with Gasteiger partial charge < -0.3 is 5.32 Å². The molecule has 0 radical (unpaired) electrons. The summed E-state index contributed by atoms with van der Waals surface area (Å²) in [5.74, 6) is -0.369. The summed E-state index contributed by atoms with van der Waals surface area (Å²) in [6.07, 6.45) is 1.93. The molecule has 1 amide bonds. The molecule has 0 bridgehead atoms. The summed E-state index contributed by atoms with van der Waals surface area (Å²) in [6, 6.07) is 21.6. The minimum atomic E-state index is -3.91. The largest absolute Gasteiger partial charge is 0.350 e. The molecule has 0 unspecified atom stereocenters. The molecule has 162 valence electrons. The molecule has 0 saturated carbocycles. The van der Waals surface area contributed by atoms with Gasteiger partial charge in [-0.2, -0.15) is 0 Å². The standard InChI is InChI=1S/C24H26N2O3S2/c1-18-7-9-21(10-8-18)26(31(28,29)23-13-11-22(30-3)12-14-23)17-24(27)25-16-20-6-4-5-19(2)15-20/h4-15H,16-17H2,1-3H3,(H,25,27). The van der Waals surface area contributed by atoms with Crippen LogP contribution in [0.15, 0.2) is 82.6 Å². The molecule has 3 aromatic carbocycles. The van der Waals surface area contributed by atoms with Crippen LogP contribution in [0.2, 0.25) is 0 Å². The Morgan fingerprint density at radius 3 is 2.23 bits per heavy atom. The maximum Gasteiger partial charge on any atom is 0.264 e. The van der Waals surface area contributed by atoms with Crippen LogP contribution in [0, 0.1) is 13.8 Å². The van der Waals surface area contributed by atoms with Crippen LogP contribution in [0.3, 0.4) is 0 Å². The van der Waals surface area contributed by atoms with E-state index in [1.807, 2.05) is 56.5 Å². The van der Waals surface area contributed by atoms with E-state index in [-0.39, 0.29) is 17.3 Å². The first kappa shape index (κ1) is 22.9. The van der Waals surface area contributed by atoms with Crippen molar-refractivity contribution in [3.8, 4) is 0 Å². The molecule has 0 aliphatic rings. The van der Waals surface area contributed by atoms with Crippen LogP contribution >= 0.6 is 11.8 Å². The number of benzene rings is 3. The molecule has 0 spiro atoms. The van der Waals surface area contributed by atoms with Gasteiger partial charge in [0.15, 0.2) is 0 Å². The quantitative estimate of drug-likeness (QED) is 0.508. The number of thioether (sulfide) groups is 1. The SMILES string of the molecule is CSc1ccc(S(=O)(=O)N(CC(=O)NCc2cccc(C)c2)c2ccc(C)cc2)cc1. The number of nitrogens with one attached hydrogen (secondary N) is 1. The summed E-state index contributed by atoms with van der Waals surface area (Å²) >= 11 is 1.54. The van der Waals surface area contributed by atoms with Crippen molar-refractivity contribution in [1.82, 2.24) is 5.32 Å². The first-order valence-corrected chi connectivity index (χ1v) is 12.5. The number of carbonyl (C=O) groups is 1. The third-order valence-corrected chi connectivity index (χ3v) is 7.36. The Morgan fingerprint density at radius 1 is 0.935 bits per heavy atom. The highest BCUT2D eigenvalue weighted by atomic mass is 32.2. The van der Waals surface area contributed by atoms with E-state index in [4.69, 9.17) is 0 Å². The minimum Gasteiger partial charge on any atom is -0.350 e. The number of carbonyl (C=O) groups excluding carboxylic acids is 1. The van der Waals surface area contributed by atoms with Crippen molar-refractivity contribution in [2.75, 3.05) is 17.1 Å². The number of rotatable bonds is 8. The Labute approximate surface area is 188 Å². The highest BCUT2D eigenvalue weighted by Crippen LogP contribution is 2.25. The van der Waals surface area contributed by atoms with Gasteiger partial charge in [0.2, 0.25) is 5.91 Å². The van der Waals surface area contributed by atoms with Crippen molar-refractivity contribution < 1.29 is 13.2 Å². The van der Waals surface area contributed by atoms with E-state index in [0.717, 1.165) is 25.9 Å². The second kappa shape index (κ2) is 10.0. The molecule has 0 atom stereocenters. The van der Waals surface area contributed by atoms with Gasteiger partial charge in [-0.15, -0.1) is 11.8 Å². The van der Waals surface area contributed by atoms with Crippen LogP contribution in [0.5, 0.6) is 0 Å². The molecule has 7 heteroatoms. The Bertz CT molecular complexity index is 1140. The molecule has 5 nitrogen and oxygen atoms in total. The van der Waals surface area contributed by atoms with Crippen molar-refractivity contribution >= 4 is 33.4 Å². The number of sulfonamides is 1. The van der Waals surface area contributed by atoms with Crippen molar-refractivity contribution in [2.24, 2.45) is 0 Å². The Kier molecular flexibility index (Phi) is 7.41. The van der Waals surface area contributed by atoms with Crippen molar-refractivity contribution in [3.63, 3.8) is 0 Å². The molecular formula is C24H26N2O3S2. The zero-order valence-corrected chi connectivity index (χ0v) is 19.5. The minimum absolute atomic E-state index is 0.150. The van der Waals surface area contributed by atoms with E-state index in [1.54, 1.807) is 36.4 Å². The van der Waals surface area contributed by atoms with E-state index in [0.29, 0.717) is 12.2 Å². The van der Waals surface area contributed by atoms with Gasteiger partial charge in [0.25, 0.3) is 10.0 Å². The molecule has 3 rings (SSSR count). The maximum absolute atomic E-state index is 13.4. The van der Waals surface area contributed by atoms with Gasteiger partial charge in [0, 0.05) is 11.4 Å². The lowest BCUT2D eigenvalue weighted by atomic mass is 10.1. The third-order valence-electron chi connectivity index (χ3n) is 4.83. The zero-order valence-electron chi connectivity index (χ0n) is 17.8. The van der Waals surface area contributed by atoms with Crippen LogP contribution < -0.4 is 9.62 Å². The maximum atomic E-state index is 13.4. The highest BCUT2D eigenvalue weighted by Gasteiger charge is 2.27. The van der Waals surface area contributed by atoms with Crippen LogP contribution in [0.25, 0.3) is 0 Å². The van der Waals surface area contributed by atoms with E-state index in [9.17, 15) is 13.2 Å². The van der Waals surface area contributed by atoms with Crippen LogP contribution in [-0.4, -0.2) is 27.1 Å². The lowest BCUT2D eigenvalue weighted by Gasteiger charge is -2.24. The number of nitrogens with zero attached hydrogens (tertiary/aromatic N) is 1. The van der Waals surface area contributed by atoms with Crippen molar-refractivity contribution in [3.05, 3.63) is 89.5 Å². The predicted octanol–water partition coefficient (Wildman–Crippen LogP) is 4.54. The summed E-state index contributed by atoms with van der Waals surface area (Å²) in [4.78, 5) is 13.8. The van der Waals surface area contributed by atoms with Crippen molar-refractivity contribution in [2.45, 2.75) is 30.2 Å². The first-order valence-electron chi connectivity index (χ1n) is 9.85. The fraction of sp³-hybridized carbons (Fsp3) is 0.208. The Balaban J connectivity index is 1.85. The monoisotopic (exact) mass is 454 g/mol. The molecule has 0 fully saturated rings. The third kappa shape index (κ3) is 5.89. The van der Waals surface area contributed by atoms with Gasteiger partial charge in [0.05, 0.1) is 10.6 Å². The smallest absolute Gasteiger partial charge is 0.264 e. The van der Waals surface area contributed by atoms with Gasteiger partial charge in [0.1, 0.15) is 6.54 Å². The van der Waals surface area contributed by atoms with E-state index in [2.05, 4.69) is 5.32 Å². The van der Waals surface area contributed by atoms with E-state index < -0.39 is 10.0 Å². The van der Waals surface area contributed by atoms with Gasteiger partial charge in [-0.1, -0.05) is 47.5 Å². The number of anilines is 1. The van der Waals surface area contributed by atoms with E-state index >= 15 is 0 Å².